The molecule has 0 aliphatic carbocycles. The number of hydrogen-bond donors (Lipinski definition) is 3. The maximum Gasteiger partial charge on any atom is 0.191 e. The van der Waals surface area contributed by atoms with Crippen molar-refractivity contribution in [3.05, 3.63) is 52.2 Å². The van der Waals surface area contributed by atoms with Gasteiger partial charge in [-0.2, -0.15) is 0 Å². The number of nitrogens with zero attached hydrogens (tertiary/aromatic N) is 2. The third-order valence-electron chi connectivity index (χ3n) is 4.51. The summed E-state index contributed by atoms with van der Waals surface area (Å²) in [6, 6.07) is 12.1. The summed E-state index contributed by atoms with van der Waals surface area (Å²) < 4.78 is 5.36. The molecule has 1 aromatic carbocycles. The number of likely N-dealkylation sites (N-methyl/N-ethyl adjacent to an activating group) is 1. The summed E-state index contributed by atoms with van der Waals surface area (Å²) >= 11 is 1.54. The van der Waals surface area contributed by atoms with Gasteiger partial charge in [-0.25, -0.2) is 4.99 Å². The molecule has 1 aromatic heterocycles. The van der Waals surface area contributed by atoms with E-state index in [1.807, 2.05) is 36.6 Å². The van der Waals surface area contributed by atoms with Gasteiger partial charge in [-0.15, -0.1) is 11.3 Å². The zero-order chi connectivity index (χ0) is 20.6. The number of aliphatic hydroxyl groups is 1. The topological polar surface area (TPSA) is 69.1 Å². The Morgan fingerprint density at radius 3 is 2.68 bits per heavy atom. The standard InChI is InChI=1S/C21H32N4O2S/c1-6-22-20(24-15-21(2,26)19-11-8-12-28-19)23-14-18(25(3)4)16-9-7-10-17(13-16)27-5/h7-13,18,26H,6,14-15H2,1-5H3,(H2,22,23,24). The van der Waals surface area contributed by atoms with Gasteiger partial charge >= 0.3 is 0 Å². The van der Waals surface area contributed by atoms with Crippen LogP contribution in [0.2, 0.25) is 0 Å². The molecule has 154 valence electrons. The van der Waals surface area contributed by atoms with E-state index in [1.165, 1.54) is 16.9 Å². The highest BCUT2D eigenvalue weighted by atomic mass is 32.1. The molecular formula is C21H32N4O2S. The summed E-state index contributed by atoms with van der Waals surface area (Å²) in [5.41, 5.74) is 0.183. The van der Waals surface area contributed by atoms with E-state index < -0.39 is 5.60 Å². The Hall–Kier alpha value is -2.09. The van der Waals surface area contributed by atoms with Crippen LogP contribution in [-0.2, 0) is 5.60 Å². The van der Waals surface area contributed by atoms with Gasteiger partial charge in [-0.1, -0.05) is 18.2 Å². The molecule has 0 amide bonds. The lowest BCUT2D eigenvalue weighted by Gasteiger charge is -2.27. The molecule has 0 bridgehead atoms. The number of guanidine groups is 1. The fraction of sp³-hybridized carbons (Fsp3) is 0.476. The lowest BCUT2D eigenvalue weighted by molar-refractivity contribution is 0.0711. The van der Waals surface area contributed by atoms with Gasteiger partial charge in [0.15, 0.2) is 5.96 Å². The van der Waals surface area contributed by atoms with Crippen molar-refractivity contribution in [3.63, 3.8) is 0 Å². The highest BCUT2D eigenvalue weighted by molar-refractivity contribution is 7.10. The van der Waals surface area contributed by atoms with Crippen molar-refractivity contribution in [2.45, 2.75) is 25.5 Å². The van der Waals surface area contributed by atoms with E-state index in [2.05, 4.69) is 46.8 Å². The van der Waals surface area contributed by atoms with E-state index in [-0.39, 0.29) is 12.6 Å². The van der Waals surface area contributed by atoms with E-state index >= 15 is 0 Å². The summed E-state index contributed by atoms with van der Waals surface area (Å²) in [4.78, 5) is 7.68. The zero-order valence-electron chi connectivity index (χ0n) is 17.4. The smallest absolute Gasteiger partial charge is 0.191 e. The molecule has 0 spiro atoms. The van der Waals surface area contributed by atoms with Crippen LogP contribution in [0.1, 0.15) is 30.3 Å². The average molecular weight is 405 g/mol. The van der Waals surface area contributed by atoms with Gasteiger partial charge < -0.3 is 25.4 Å². The first-order chi connectivity index (χ1) is 13.4. The van der Waals surface area contributed by atoms with E-state index in [4.69, 9.17) is 4.74 Å². The highest BCUT2D eigenvalue weighted by Gasteiger charge is 2.24. The normalized spacial score (nSPS) is 15.2. The fourth-order valence-corrected chi connectivity index (χ4v) is 3.66. The van der Waals surface area contributed by atoms with Crippen LogP contribution in [0.5, 0.6) is 5.75 Å². The molecule has 0 fully saturated rings. The molecule has 7 heteroatoms. The molecule has 2 atom stereocenters. The number of methoxy groups -OCH3 is 1. The SMILES string of the molecule is CCNC(=NCC(C)(O)c1cccs1)NCC(c1cccc(OC)c1)N(C)C. The molecule has 2 rings (SSSR count). The minimum absolute atomic E-state index is 0.150. The van der Waals surface area contributed by atoms with Gasteiger partial charge in [0.2, 0.25) is 0 Å². The number of thiophene rings is 1. The number of hydrogen-bond acceptors (Lipinski definition) is 5. The maximum absolute atomic E-state index is 10.7. The third kappa shape index (κ3) is 6.22. The van der Waals surface area contributed by atoms with Crippen molar-refractivity contribution in [2.75, 3.05) is 40.8 Å². The molecule has 0 aliphatic heterocycles. The minimum atomic E-state index is -0.982. The summed E-state index contributed by atoms with van der Waals surface area (Å²) in [7, 11) is 5.78. The molecule has 0 saturated heterocycles. The van der Waals surface area contributed by atoms with Crippen molar-refractivity contribution >= 4 is 17.3 Å². The fourth-order valence-electron chi connectivity index (χ4n) is 2.88. The van der Waals surface area contributed by atoms with Crippen LogP contribution in [0.3, 0.4) is 0 Å². The second-order valence-corrected chi connectivity index (χ2v) is 8.03. The van der Waals surface area contributed by atoms with Gasteiger partial charge in [0.1, 0.15) is 11.4 Å². The molecule has 3 N–H and O–H groups in total. The number of rotatable bonds is 9. The molecule has 0 radical (unpaired) electrons. The van der Waals surface area contributed by atoms with Crippen LogP contribution in [-0.4, -0.2) is 56.8 Å². The Morgan fingerprint density at radius 2 is 2.07 bits per heavy atom. The Labute approximate surface area is 172 Å². The highest BCUT2D eigenvalue weighted by Crippen LogP contribution is 2.25. The predicted molar refractivity (Wildman–Crippen MR) is 117 cm³/mol. The van der Waals surface area contributed by atoms with Crippen LogP contribution in [0.4, 0.5) is 0 Å². The van der Waals surface area contributed by atoms with Crippen molar-refractivity contribution in [1.82, 2.24) is 15.5 Å². The first-order valence-electron chi connectivity index (χ1n) is 9.46. The van der Waals surface area contributed by atoms with E-state index in [0.29, 0.717) is 12.5 Å². The van der Waals surface area contributed by atoms with Crippen molar-refractivity contribution < 1.29 is 9.84 Å². The van der Waals surface area contributed by atoms with Gasteiger partial charge in [0.05, 0.1) is 19.7 Å². The van der Waals surface area contributed by atoms with Crippen molar-refractivity contribution in [3.8, 4) is 5.75 Å². The lowest BCUT2D eigenvalue weighted by atomic mass is 10.1. The van der Waals surface area contributed by atoms with Crippen LogP contribution < -0.4 is 15.4 Å². The Kier molecular flexibility index (Phi) is 8.29. The second kappa shape index (κ2) is 10.5. The second-order valence-electron chi connectivity index (χ2n) is 7.08. The zero-order valence-corrected chi connectivity index (χ0v) is 18.2. The molecule has 0 aliphatic rings. The van der Waals surface area contributed by atoms with Crippen LogP contribution in [0.25, 0.3) is 0 Å². The molecule has 2 unspecified atom stereocenters. The largest absolute Gasteiger partial charge is 0.497 e. The molecule has 2 aromatic rings. The minimum Gasteiger partial charge on any atom is -0.497 e. The number of aliphatic imine (C=N–C) groups is 1. The number of benzene rings is 1. The van der Waals surface area contributed by atoms with Gasteiger partial charge in [0.25, 0.3) is 0 Å². The Bertz CT molecular complexity index is 745. The van der Waals surface area contributed by atoms with Crippen molar-refractivity contribution in [2.24, 2.45) is 4.99 Å². The predicted octanol–water partition coefficient (Wildman–Crippen LogP) is 2.82. The Morgan fingerprint density at radius 1 is 1.29 bits per heavy atom. The van der Waals surface area contributed by atoms with Crippen LogP contribution in [0, 0.1) is 0 Å². The lowest BCUT2D eigenvalue weighted by Crippen LogP contribution is -2.42. The third-order valence-corrected chi connectivity index (χ3v) is 5.63. The molecule has 6 nitrogen and oxygen atoms in total. The Balaban J connectivity index is 2.09. The number of ether oxygens (including phenoxy) is 1. The first-order valence-corrected chi connectivity index (χ1v) is 10.3. The summed E-state index contributed by atoms with van der Waals surface area (Å²) in [6.45, 7) is 5.53. The van der Waals surface area contributed by atoms with E-state index in [0.717, 1.165) is 17.2 Å². The molecule has 1 heterocycles. The summed E-state index contributed by atoms with van der Waals surface area (Å²) in [5.74, 6) is 1.53. The van der Waals surface area contributed by atoms with Gasteiger partial charge in [0, 0.05) is 18.0 Å². The van der Waals surface area contributed by atoms with Gasteiger partial charge in [-0.05, 0) is 57.1 Å². The molecular weight excluding hydrogens is 372 g/mol. The van der Waals surface area contributed by atoms with Gasteiger partial charge in [-0.3, -0.25) is 0 Å². The monoisotopic (exact) mass is 404 g/mol. The molecule has 0 saturated carbocycles. The molecule has 28 heavy (non-hydrogen) atoms. The summed E-state index contributed by atoms with van der Waals surface area (Å²) in [6.07, 6.45) is 0. The van der Waals surface area contributed by atoms with E-state index in [9.17, 15) is 5.11 Å². The number of nitrogens with one attached hydrogen (secondary N) is 2. The average Bonchev–Trinajstić information content (AvgIpc) is 3.22. The first kappa shape index (κ1) is 22.2. The van der Waals surface area contributed by atoms with Crippen LogP contribution in [0.15, 0.2) is 46.8 Å². The van der Waals surface area contributed by atoms with Crippen LogP contribution >= 0.6 is 11.3 Å². The summed E-state index contributed by atoms with van der Waals surface area (Å²) in [5, 5.41) is 19.3. The maximum atomic E-state index is 10.7. The van der Waals surface area contributed by atoms with E-state index in [1.54, 1.807) is 14.0 Å². The van der Waals surface area contributed by atoms with Crippen molar-refractivity contribution in [1.29, 1.82) is 0 Å². The quantitative estimate of drug-likeness (QED) is 0.443.